The van der Waals surface area contributed by atoms with E-state index in [1.807, 2.05) is 0 Å². The lowest BCUT2D eigenvalue weighted by Gasteiger charge is -2.32. The first-order valence-electron chi connectivity index (χ1n) is 8.29. The van der Waals surface area contributed by atoms with Crippen LogP contribution in [0.4, 0.5) is 0 Å². The summed E-state index contributed by atoms with van der Waals surface area (Å²) in [6, 6.07) is 8.51. The molecule has 2 atom stereocenters. The average Bonchev–Trinajstić information content (AvgIpc) is 2.55. The van der Waals surface area contributed by atoms with E-state index in [9.17, 15) is 4.79 Å². The zero-order chi connectivity index (χ0) is 14.7. The lowest BCUT2D eigenvalue weighted by molar-refractivity contribution is -0.133. The summed E-state index contributed by atoms with van der Waals surface area (Å²) in [5.41, 5.74) is 2.73. The highest BCUT2D eigenvalue weighted by atomic mass is 35.5. The molecule has 1 fully saturated rings. The second kappa shape index (κ2) is 7.98. The van der Waals surface area contributed by atoms with Crippen molar-refractivity contribution in [3.05, 3.63) is 35.4 Å². The highest BCUT2D eigenvalue weighted by Gasteiger charge is 2.26. The Morgan fingerprint density at radius 2 is 2.14 bits per heavy atom. The number of amides is 1. The Bertz CT molecular complexity index is 500. The zero-order valence-electron chi connectivity index (χ0n) is 13.4. The molecular formula is C18H27ClN2O. The van der Waals surface area contributed by atoms with Gasteiger partial charge in [0.2, 0.25) is 5.91 Å². The summed E-state index contributed by atoms with van der Waals surface area (Å²) < 4.78 is 0. The SMILES string of the molecule is CC(CC(=O)N1CCc2ccccc2C1)C1CCCNC1.Cl. The number of benzene rings is 1. The standard InChI is InChI=1S/C18H26N2O.ClH/c1-14(16-7-4-9-19-12-16)11-18(21)20-10-8-15-5-2-3-6-17(15)13-20;/h2-3,5-6,14,16,19H,4,7-13H2,1H3;1H. The van der Waals surface area contributed by atoms with Crippen LogP contribution in [0, 0.1) is 11.8 Å². The molecule has 122 valence electrons. The summed E-state index contributed by atoms with van der Waals surface area (Å²) >= 11 is 0. The van der Waals surface area contributed by atoms with Crippen LogP contribution in [0.25, 0.3) is 0 Å². The lowest BCUT2D eigenvalue weighted by atomic mass is 9.85. The topological polar surface area (TPSA) is 32.3 Å². The molecular weight excluding hydrogens is 296 g/mol. The van der Waals surface area contributed by atoms with Crippen molar-refractivity contribution >= 4 is 18.3 Å². The van der Waals surface area contributed by atoms with Crippen molar-refractivity contribution in [3.63, 3.8) is 0 Å². The Morgan fingerprint density at radius 3 is 2.86 bits per heavy atom. The van der Waals surface area contributed by atoms with Crippen LogP contribution in [0.3, 0.4) is 0 Å². The number of hydrogen-bond acceptors (Lipinski definition) is 2. The number of nitrogens with zero attached hydrogens (tertiary/aromatic N) is 1. The van der Waals surface area contributed by atoms with E-state index in [0.717, 1.165) is 32.6 Å². The molecule has 0 aliphatic carbocycles. The number of carbonyl (C=O) groups excluding carboxylic acids is 1. The lowest BCUT2D eigenvalue weighted by Crippen LogP contribution is -2.39. The molecule has 3 nitrogen and oxygen atoms in total. The number of fused-ring (bicyclic) bond motifs is 1. The number of carbonyl (C=O) groups is 1. The normalized spacial score (nSPS) is 22.4. The molecule has 0 radical (unpaired) electrons. The van der Waals surface area contributed by atoms with Crippen LogP contribution in [0.2, 0.25) is 0 Å². The summed E-state index contributed by atoms with van der Waals surface area (Å²) in [6.07, 6.45) is 4.22. The molecule has 2 aliphatic rings. The molecule has 1 aromatic rings. The van der Waals surface area contributed by atoms with Crippen LogP contribution < -0.4 is 5.32 Å². The number of hydrogen-bond donors (Lipinski definition) is 1. The van der Waals surface area contributed by atoms with Crippen molar-refractivity contribution < 1.29 is 4.79 Å². The van der Waals surface area contributed by atoms with Gasteiger partial charge in [0.05, 0.1) is 0 Å². The third-order valence-corrected chi connectivity index (χ3v) is 5.12. The third-order valence-electron chi connectivity index (χ3n) is 5.12. The molecule has 1 saturated heterocycles. The fraction of sp³-hybridized carbons (Fsp3) is 0.611. The molecule has 0 aromatic heterocycles. The molecule has 1 N–H and O–H groups in total. The quantitative estimate of drug-likeness (QED) is 0.927. The Kier molecular flexibility index (Phi) is 6.27. The highest BCUT2D eigenvalue weighted by molar-refractivity contribution is 5.85. The van der Waals surface area contributed by atoms with Gasteiger partial charge in [-0.1, -0.05) is 31.2 Å². The van der Waals surface area contributed by atoms with Gasteiger partial charge in [0, 0.05) is 19.5 Å². The third kappa shape index (κ3) is 4.02. The maximum Gasteiger partial charge on any atom is 0.223 e. The minimum Gasteiger partial charge on any atom is -0.338 e. The maximum atomic E-state index is 12.6. The van der Waals surface area contributed by atoms with Crippen molar-refractivity contribution in [3.8, 4) is 0 Å². The van der Waals surface area contributed by atoms with E-state index in [1.54, 1.807) is 0 Å². The number of piperidine rings is 1. The van der Waals surface area contributed by atoms with Gasteiger partial charge in [-0.05, 0) is 55.3 Å². The smallest absolute Gasteiger partial charge is 0.223 e. The number of rotatable bonds is 3. The first-order valence-corrected chi connectivity index (χ1v) is 8.29. The molecule has 22 heavy (non-hydrogen) atoms. The summed E-state index contributed by atoms with van der Waals surface area (Å²) in [5.74, 6) is 1.49. The Hall–Kier alpha value is -1.06. The molecule has 0 spiro atoms. The van der Waals surface area contributed by atoms with Gasteiger partial charge in [0.15, 0.2) is 0 Å². The maximum absolute atomic E-state index is 12.6. The van der Waals surface area contributed by atoms with Gasteiger partial charge in [-0.15, -0.1) is 12.4 Å². The number of nitrogens with one attached hydrogen (secondary N) is 1. The molecule has 2 aliphatic heterocycles. The van der Waals surface area contributed by atoms with E-state index in [4.69, 9.17) is 0 Å². The minimum atomic E-state index is 0. The zero-order valence-corrected chi connectivity index (χ0v) is 14.2. The van der Waals surface area contributed by atoms with E-state index >= 15 is 0 Å². The van der Waals surface area contributed by atoms with E-state index in [1.165, 1.54) is 24.0 Å². The second-order valence-electron chi connectivity index (χ2n) is 6.62. The van der Waals surface area contributed by atoms with E-state index in [-0.39, 0.29) is 12.4 Å². The summed E-state index contributed by atoms with van der Waals surface area (Å²) in [5, 5.41) is 3.46. The highest BCUT2D eigenvalue weighted by Crippen LogP contribution is 2.25. The Morgan fingerprint density at radius 1 is 1.36 bits per heavy atom. The van der Waals surface area contributed by atoms with E-state index in [0.29, 0.717) is 24.2 Å². The van der Waals surface area contributed by atoms with Gasteiger partial charge in [-0.3, -0.25) is 4.79 Å². The van der Waals surface area contributed by atoms with Crippen LogP contribution in [-0.4, -0.2) is 30.4 Å². The van der Waals surface area contributed by atoms with E-state index in [2.05, 4.69) is 41.4 Å². The van der Waals surface area contributed by atoms with Crippen LogP contribution in [-0.2, 0) is 17.8 Å². The molecule has 2 unspecified atom stereocenters. The minimum absolute atomic E-state index is 0. The van der Waals surface area contributed by atoms with Gasteiger partial charge in [0.25, 0.3) is 0 Å². The van der Waals surface area contributed by atoms with Crippen LogP contribution in [0.5, 0.6) is 0 Å². The molecule has 0 saturated carbocycles. The average molecular weight is 323 g/mol. The number of halogens is 1. The van der Waals surface area contributed by atoms with Crippen molar-refractivity contribution in [1.29, 1.82) is 0 Å². The Balaban J connectivity index is 0.00000176. The molecule has 0 bridgehead atoms. The van der Waals surface area contributed by atoms with Gasteiger partial charge in [-0.2, -0.15) is 0 Å². The van der Waals surface area contributed by atoms with Gasteiger partial charge < -0.3 is 10.2 Å². The van der Waals surface area contributed by atoms with Gasteiger partial charge >= 0.3 is 0 Å². The molecule has 4 heteroatoms. The van der Waals surface area contributed by atoms with Crippen LogP contribution >= 0.6 is 12.4 Å². The molecule has 3 rings (SSSR count). The first kappa shape index (κ1) is 17.3. The molecule has 1 aromatic carbocycles. The first-order chi connectivity index (χ1) is 10.2. The van der Waals surface area contributed by atoms with E-state index < -0.39 is 0 Å². The van der Waals surface area contributed by atoms with Gasteiger partial charge in [0.1, 0.15) is 0 Å². The summed E-state index contributed by atoms with van der Waals surface area (Å²) in [4.78, 5) is 14.6. The fourth-order valence-corrected chi connectivity index (χ4v) is 3.64. The predicted molar refractivity (Wildman–Crippen MR) is 92.2 cm³/mol. The summed E-state index contributed by atoms with van der Waals surface area (Å²) in [7, 11) is 0. The Labute approximate surface area is 139 Å². The predicted octanol–water partition coefficient (Wildman–Crippen LogP) is 3.02. The monoisotopic (exact) mass is 322 g/mol. The van der Waals surface area contributed by atoms with Crippen LogP contribution in [0.1, 0.15) is 37.3 Å². The van der Waals surface area contributed by atoms with Crippen molar-refractivity contribution in [2.75, 3.05) is 19.6 Å². The van der Waals surface area contributed by atoms with Gasteiger partial charge in [-0.25, -0.2) is 0 Å². The molecule has 1 amide bonds. The largest absolute Gasteiger partial charge is 0.338 e. The fourth-order valence-electron chi connectivity index (χ4n) is 3.64. The van der Waals surface area contributed by atoms with Crippen molar-refractivity contribution in [2.24, 2.45) is 11.8 Å². The molecule has 2 heterocycles. The summed E-state index contributed by atoms with van der Waals surface area (Å²) in [6.45, 7) is 6.14. The van der Waals surface area contributed by atoms with Crippen molar-refractivity contribution in [2.45, 2.75) is 39.2 Å². The van der Waals surface area contributed by atoms with Crippen molar-refractivity contribution in [1.82, 2.24) is 10.2 Å². The van der Waals surface area contributed by atoms with Crippen LogP contribution in [0.15, 0.2) is 24.3 Å². The second-order valence-corrected chi connectivity index (χ2v) is 6.62.